The van der Waals surface area contributed by atoms with E-state index in [2.05, 4.69) is 0 Å². The summed E-state index contributed by atoms with van der Waals surface area (Å²) < 4.78 is 44.4. The maximum absolute atomic E-state index is 13.4. The van der Waals surface area contributed by atoms with Crippen molar-refractivity contribution in [2.45, 2.75) is 4.90 Å². The van der Waals surface area contributed by atoms with Crippen LogP contribution in [-0.4, -0.2) is 18.8 Å². The summed E-state index contributed by atoms with van der Waals surface area (Å²) in [7, 11) is -4.78. The molecular formula is C13H7Cl2FO4S. The highest BCUT2D eigenvalue weighted by molar-refractivity contribution is 7.85. The van der Waals surface area contributed by atoms with Gasteiger partial charge in [0.1, 0.15) is 10.7 Å². The van der Waals surface area contributed by atoms with Crippen molar-refractivity contribution in [3.05, 3.63) is 63.4 Å². The second-order valence-corrected chi connectivity index (χ2v) is 6.31. The van der Waals surface area contributed by atoms with Gasteiger partial charge in [-0.3, -0.25) is 9.35 Å². The molecule has 2 rings (SSSR count). The van der Waals surface area contributed by atoms with Gasteiger partial charge in [0.15, 0.2) is 5.78 Å². The first-order chi connectivity index (χ1) is 9.70. The van der Waals surface area contributed by atoms with Crippen LogP contribution in [0.15, 0.2) is 41.3 Å². The van der Waals surface area contributed by atoms with Crippen molar-refractivity contribution >= 4 is 39.1 Å². The SMILES string of the molecule is O=C(c1ccc(F)c(S(=O)(=O)O)c1)c1cc(Cl)ccc1Cl. The molecule has 0 radical (unpaired) electrons. The molecule has 0 aliphatic heterocycles. The highest BCUT2D eigenvalue weighted by Crippen LogP contribution is 2.25. The largest absolute Gasteiger partial charge is 0.297 e. The average Bonchev–Trinajstić information content (AvgIpc) is 2.40. The molecule has 0 heterocycles. The van der Waals surface area contributed by atoms with Crippen molar-refractivity contribution in [2.75, 3.05) is 0 Å². The van der Waals surface area contributed by atoms with Crippen LogP contribution in [-0.2, 0) is 10.1 Å². The third kappa shape index (κ3) is 3.41. The maximum atomic E-state index is 13.4. The molecule has 0 saturated heterocycles. The van der Waals surface area contributed by atoms with E-state index in [1.54, 1.807) is 0 Å². The van der Waals surface area contributed by atoms with Crippen LogP contribution in [0, 0.1) is 5.82 Å². The van der Waals surface area contributed by atoms with Crippen LogP contribution >= 0.6 is 23.2 Å². The molecule has 0 saturated carbocycles. The fourth-order valence-electron chi connectivity index (χ4n) is 1.67. The molecule has 0 bridgehead atoms. The van der Waals surface area contributed by atoms with Crippen LogP contribution in [0.1, 0.15) is 15.9 Å². The summed E-state index contributed by atoms with van der Waals surface area (Å²) in [6.07, 6.45) is 0. The third-order valence-electron chi connectivity index (χ3n) is 2.64. The summed E-state index contributed by atoms with van der Waals surface area (Å²) in [4.78, 5) is 11.3. The summed E-state index contributed by atoms with van der Waals surface area (Å²) in [6.45, 7) is 0. The van der Waals surface area contributed by atoms with Gasteiger partial charge in [0.2, 0.25) is 0 Å². The third-order valence-corrected chi connectivity index (χ3v) is 4.08. The van der Waals surface area contributed by atoms with Crippen molar-refractivity contribution in [2.24, 2.45) is 0 Å². The minimum Gasteiger partial charge on any atom is -0.289 e. The Hall–Kier alpha value is -1.47. The van der Waals surface area contributed by atoms with Gasteiger partial charge in [-0.1, -0.05) is 23.2 Å². The van der Waals surface area contributed by atoms with Gasteiger partial charge in [0.25, 0.3) is 10.1 Å². The zero-order valence-corrected chi connectivity index (χ0v) is 12.5. The van der Waals surface area contributed by atoms with Crippen LogP contribution in [0.2, 0.25) is 10.0 Å². The zero-order valence-electron chi connectivity index (χ0n) is 10.2. The first kappa shape index (κ1) is 15.9. The van der Waals surface area contributed by atoms with Crippen molar-refractivity contribution < 1.29 is 22.2 Å². The number of carbonyl (C=O) groups is 1. The number of ketones is 1. The first-order valence-electron chi connectivity index (χ1n) is 5.47. The van der Waals surface area contributed by atoms with Gasteiger partial charge in [0.05, 0.1) is 5.02 Å². The van der Waals surface area contributed by atoms with Gasteiger partial charge in [0, 0.05) is 16.1 Å². The lowest BCUT2D eigenvalue weighted by Gasteiger charge is -2.06. The monoisotopic (exact) mass is 348 g/mol. The molecule has 2 aromatic carbocycles. The Labute approximate surface area is 129 Å². The lowest BCUT2D eigenvalue weighted by atomic mass is 10.0. The quantitative estimate of drug-likeness (QED) is 0.679. The van der Waals surface area contributed by atoms with E-state index in [9.17, 15) is 17.6 Å². The highest BCUT2D eigenvalue weighted by Gasteiger charge is 2.20. The molecule has 0 aliphatic rings. The van der Waals surface area contributed by atoms with Gasteiger partial charge >= 0.3 is 0 Å². The average molecular weight is 349 g/mol. The fraction of sp³-hybridized carbons (Fsp3) is 0. The summed E-state index contributed by atoms with van der Waals surface area (Å²) in [6, 6.07) is 6.80. The summed E-state index contributed by atoms with van der Waals surface area (Å²) >= 11 is 11.7. The predicted molar refractivity (Wildman–Crippen MR) is 76.1 cm³/mol. The van der Waals surface area contributed by atoms with E-state index in [0.717, 1.165) is 18.2 Å². The second-order valence-electron chi connectivity index (χ2n) is 4.07. The lowest BCUT2D eigenvalue weighted by Crippen LogP contribution is -2.07. The Morgan fingerprint density at radius 1 is 1.10 bits per heavy atom. The molecule has 0 fully saturated rings. The van der Waals surface area contributed by atoms with E-state index in [1.165, 1.54) is 18.2 Å². The number of hydrogen-bond donors (Lipinski definition) is 1. The summed E-state index contributed by atoms with van der Waals surface area (Å²) in [5.74, 6) is -1.81. The Balaban J connectivity index is 2.57. The number of carbonyl (C=O) groups excluding carboxylic acids is 1. The van der Waals surface area contributed by atoms with Gasteiger partial charge in [-0.15, -0.1) is 0 Å². The molecule has 0 aliphatic carbocycles. The van der Waals surface area contributed by atoms with E-state index in [1.807, 2.05) is 0 Å². The van der Waals surface area contributed by atoms with E-state index < -0.39 is 26.6 Å². The molecule has 8 heteroatoms. The first-order valence-corrected chi connectivity index (χ1v) is 7.66. The Bertz CT molecular complexity index is 834. The standard InChI is InChI=1S/C13H7Cl2FO4S/c14-8-2-3-10(15)9(6-8)13(17)7-1-4-11(16)12(5-7)21(18,19)20/h1-6H,(H,18,19,20). The van der Waals surface area contributed by atoms with Crippen molar-refractivity contribution in [3.63, 3.8) is 0 Å². The van der Waals surface area contributed by atoms with Crippen molar-refractivity contribution in [3.8, 4) is 0 Å². The summed E-state index contributed by atoms with van der Waals surface area (Å²) in [5, 5.41) is 0.377. The Kier molecular flexibility index (Phi) is 4.34. The number of rotatable bonds is 3. The molecule has 0 aromatic heterocycles. The molecule has 4 nitrogen and oxygen atoms in total. The van der Waals surface area contributed by atoms with Crippen LogP contribution < -0.4 is 0 Å². The zero-order chi connectivity index (χ0) is 15.8. The van der Waals surface area contributed by atoms with Gasteiger partial charge in [-0.2, -0.15) is 8.42 Å². The molecule has 0 atom stereocenters. The molecule has 0 amide bonds. The van der Waals surface area contributed by atoms with E-state index in [0.29, 0.717) is 0 Å². The molecular weight excluding hydrogens is 342 g/mol. The van der Waals surface area contributed by atoms with Crippen molar-refractivity contribution in [1.29, 1.82) is 0 Å². The highest BCUT2D eigenvalue weighted by atomic mass is 35.5. The Morgan fingerprint density at radius 3 is 2.38 bits per heavy atom. The maximum Gasteiger partial charge on any atom is 0.297 e. The number of hydrogen-bond acceptors (Lipinski definition) is 3. The summed E-state index contributed by atoms with van der Waals surface area (Å²) in [5.41, 5.74) is -0.106. The number of halogens is 3. The van der Waals surface area contributed by atoms with E-state index in [4.69, 9.17) is 27.8 Å². The molecule has 21 heavy (non-hydrogen) atoms. The lowest BCUT2D eigenvalue weighted by molar-refractivity contribution is 0.103. The van der Waals surface area contributed by atoms with Crippen LogP contribution in [0.4, 0.5) is 4.39 Å². The van der Waals surface area contributed by atoms with Gasteiger partial charge in [-0.05, 0) is 36.4 Å². The molecule has 2 aromatic rings. The van der Waals surface area contributed by atoms with Crippen LogP contribution in [0.5, 0.6) is 0 Å². The minimum atomic E-state index is -4.78. The molecule has 0 unspecified atom stereocenters. The minimum absolute atomic E-state index is 0.0389. The normalized spacial score (nSPS) is 11.4. The van der Waals surface area contributed by atoms with Gasteiger partial charge in [-0.25, -0.2) is 4.39 Å². The van der Waals surface area contributed by atoms with E-state index in [-0.39, 0.29) is 21.2 Å². The van der Waals surface area contributed by atoms with E-state index >= 15 is 0 Å². The Morgan fingerprint density at radius 2 is 1.76 bits per heavy atom. The second kappa shape index (κ2) is 5.73. The topological polar surface area (TPSA) is 71.4 Å². The van der Waals surface area contributed by atoms with Crippen LogP contribution in [0.3, 0.4) is 0 Å². The molecule has 110 valence electrons. The predicted octanol–water partition coefficient (Wildman–Crippen LogP) is 3.61. The smallest absolute Gasteiger partial charge is 0.289 e. The molecule has 1 N–H and O–H groups in total. The van der Waals surface area contributed by atoms with Crippen LogP contribution in [0.25, 0.3) is 0 Å². The fourth-order valence-corrected chi connectivity index (χ4v) is 2.64. The van der Waals surface area contributed by atoms with Gasteiger partial charge < -0.3 is 0 Å². The molecule has 0 spiro atoms. The van der Waals surface area contributed by atoms with Crippen molar-refractivity contribution in [1.82, 2.24) is 0 Å². The number of benzene rings is 2.